The minimum absolute atomic E-state index is 0.334. The molecule has 2 aromatic carbocycles. The number of piperazine rings is 1. The number of thiophene rings is 1. The second-order valence-electron chi connectivity index (χ2n) is 6.55. The Morgan fingerprint density at radius 2 is 1.69 bits per heavy atom. The molecule has 3 aromatic rings. The largest absolute Gasteiger partial charge is 0.489 e. The van der Waals surface area contributed by atoms with Gasteiger partial charge in [0.15, 0.2) is 0 Å². The summed E-state index contributed by atoms with van der Waals surface area (Å²) in [6.45, 7) is 4.87. The van der Waals surface area contributed by atoms with Gasteiger partial charge in [0.05, 0.1) is 6.04 Å². The lowest BCUT2D eigenvalue weighted by Gasteiger charge is -2.34. The van der Waals surface area contributed by atoms with Crippen LogP contribution in [0.1, 0.15) is 22.0 Å². The maximum atomic E-state index is 5.94. The standard InChI is InChI=1S/C22H24N2OS/c1-2-5-18(6-3-1)17-25-20-10-8-19(9-11-20)22(21-7-4-16-26-21)24-14-12-23-13-15-24/h1-11,16,22-23H,12-15,17H2/t22-/m0/s1. The van der Waals surface area contributed by atoms with Crippen LogP contribution in [0.5, 0.6) is 5.75 Å². The van der Waals surface area contributed by atoms with Crippen LogP contribution in [-0.4, -0.2) is 31.1 Å². The monoisotopic (exact) mass is 364 g/mol. The van der Waals surface area contributed by atoms with Crippen LogP contribution in [0.25, 0.3) is 0 Å². The van der Waals surface area contributed by atoms with Gasteiger partial charge in [0, 0.05) is 31.1 Å². The number of hydrogen-bond acceptors (Lipinski definition) is 4. The molecule has 4 rings (SSSR count). The molecule has 2 heterocycles. The van der Waals surface area contributed by atoms with Crippen molar-refractivity contribution < 1.29 is 4.74 Å². The molecule has 0 bridgehead atoms. The summed E-state index contributed by atoms with van der Waals surface area (Å²) in [6, 6.07) is 23.6. The molecule has 0 saturated carbocycles. The molecule has 1 aliphatic rings. The lowest BCUT2D eigenvalue weighted by atomic mass is 10.0. The molecule has 0 amide bonds. The normalized spacial score (nSPS) is 16.3. The first-order valence-electron chi connectivity index (χ1n) is 9.15. The van der Waals surface area contributed by atoms with Gasteiger partial charge in [0.2, 0.25) is 0 Å². The molecular formula is C22H24N2OS. The molecule has 1 fully saturated rings. The smallest absolute Gasteiger partial charge is 0.119 e. The van der Waals surface area contributed by atoms with E-state index in [1.165, 1.54) is 16.0 Å². The molecule has 26 heavy (non-hydrogen) atoms. The van der Waals surface area contributed by atoms with E-state index in [0.717, 1.165) is 31.9 Å². The van der Waals surface area contributed by atoms with Gasteiger partial charge in [-0.2, -0.15) is 0 Å². The van der Waals surface area contributed by atoms with Crippen molar-refractivity contribution in [1.29, 1.82) is 0 Å². The summed E-state index contributed by atoms with van der Waals surface area (Å²) in [5.74, 6) is 0.919. The van der Waals surface area contributed by atoms with Crippen LogP contribution < -0.4 is 10.1 Å². The Morgan fingerprint density at radius 1 is 0.923 bits per heavy atom. The van der Waals surface area contributed by atoms with Crippen molar-refractivity contribution in [2.75, 3.05) is 26.2 Å². The van der Waals surface area contributed by atoms with E-state index in [0.29, 0.717) is 12.6 Å². The number of ether oxygens (including phenoxy) is 1. The fraction of sp³-hybridized carbons (Fsp3) is 0.273. The lowest BCUT2D eigenvalue weighted by molar-refractivity contribution is 0.200. The molecule has 3 nitrogen and oxygen atoms in total. The van der Waals surface area contributed by atoms with Crippen LogP contribution in [0.15, 0.2) is 72.1 Å². The van der Waals surface area contributed by atoms with Gasteiger partial charge in [-0.3, -0.25) is 4.90 Å². The molecule has 0 spiro atoms. The third kappa shape index (κ3) is 4.15. The van der Waals surface area contributed by atoms with Crippen LogP contribution in [0.2, 0.25) is 0 Å². The minimum Gasteiger partial charge on any atom is -0.489 e. The average Bonchev–Trinajstić information content (AvgIpc) is 3.23. The van der Waals surface area contributed by atoms with E-state index in [2.05, 4.69) is 64.1 Å². The summed E-state index contributed by atoms with van der Waals surface area (Å²) in [7, 11) is 0. The maximum absolute atomic E-state index is 5.94. The highest BCUT2D eigenvalue weighted by molar-refractivity contribution is 7.10. The van der Waals surface area contributed by atoms with Gasteiger partial charge >= 0.3 is 0 Å². The number of hydrogen-bond donors (Lipinski definition) is 1. The fourth-order valence-corrected chi connectivity index (χ4v) is 4.31. The van der Waals surface area contributed by atoms with E-state index in [1.807, 2.05) is 29.5 Å². The van der Waals surface area contributed by atoms with Crippen molar-refractivity contribution in [3.63, 3.8) is 0 Å². The highest BCUT2D eigenvalue weighted by atomic mass is 32.1. The molecule has 1 N–H and O–H groups in total. The Morgan fingerprint density at radius 3 is 2.38 bits per heavy atom. The van der Waals surface area contributed by atoms with Crippen LogP contribution in [0.3, 0.4) is 0 Å². The third-order valence-electron chi connectivity index (χ3n) is 4.77. The van der Waals surface area contributed by atoms with E-state index in [4.69, 9.17) is 4.74 Å². The molecule has 0 aliphatic carbocycles. The summed E-state index contributed by atoms with van der Waals surface area (Å²) < 4.78 is 5.94. The third-order valence-corrected chi connectivity index (χ3v) is 5.70. The SMILES string of the molecule is c1ccc(COc2ccc([C@@H](c3cccs3)N3CCNCC3)cc2)cc1. The van der Waals surface area contributed by atoms with Crippen molar-refractivity contribution >= 4 is 11.3 Å². The molecule has 1 aliphatic heterocycles. The van der Waals surface area contributed by atoms with Crippen molar-refractivity contribution in [3.05, 3.63) is 88.1 Å². The van der Waals surface area contributed by atoms with Gasteiger partial charge < -0.3 is 10.1 Å². The van der Waals surface area contributed by atoms with Crippen LogP contribution in [0.4, 0.5) is 0 Å². The van der Waals surface area contributed by atoms with E-state index in [1.54, 1.807) is 0 Å². The fourth-order valence-electron chi connectivity index (χ4n) is 3.43. The predicted molar refractivity (Wildman–Crippen MR) is 108 cm³/mol. The van der Waals surface area contributed by atoms with Crippen LogP contribution in [-0.2, 0) is 6.61 Å². The highest BCUT2D eigenvalue weighted by Crippen LogP contribution is 2.32. The molecule has 0 unspecified atom stereocenters. The summed E-state index contributed by atoms with van der Waals surface area (Å²) in [6.07, 6.45) is 0. The maximum Gasteiger partial charge on any atom is 0.119 e. The highest BCUT2D eigenvalue weighted by Gasteiger charge is 2.24. The Bertz CT molecular complexity index is 781. The first-order chi connectivity index (χ1) is 12.9. The molecule has 4 heteroatoms. The van der Waals surface area contributed by atoms with Crippen molar-refractivity contribution in [2.45, 2.75) is 12.6 Å². The van der Waals surface area contributed by atoms with Crippen molar-refractivity contribution in [3.8, 4) is 5.75 Å². The number of rotatable bonds is 6. The molecule has 134 valence electrons. The predicted octanol–water partition coefficient (Wildman–Crippen LogP) is 4.32. The van der Waals surface area contributed by atoms with E-state index < -0.39 is 0 Å². The minimum atomic E-state index is 0.334. The summed E-state index contributed by atoms with van der Waals surface area (Å²) in [5, 5.41) is 5.62. The zero-order valence-electron chi connectivity index (χ0n) is 14.8. The average molecular weight is 365 g/mol. The van der Waals surface area contributed by atoms with E-state index in [-0.39, 0.29) is 0 Å². The Kier molecular flexibility index (Phi) is 5.65. The molecule has 1 saturated heterocycles. The first-order valence-corrected chi connectivity index (χ1v) is 10.0. The molecular weight excluding hydrogens is 340 g/mol. The topological polar surface area (TPSA) is 24.5 Å². The van der Waals surface area contributed by atoms with Crippen LogP contribution >= 0.6 is 11.3 Å². The van der Waals surface area contributed by atoms with Gasteiger partial charge in [-0.15, -0.1) is 11.3 Å². The zero-order chi connectivity index (χ0) is 17.6. The summed E-state index contributed by atoms with van der Waals surface area (Å²) in [5.41, 5.74) is 2.52. The van der Waals surface area contributed by atoms with Crippen molar-refractivity contribution in [1.82, 2.24) is 10.2 Å². The Labute approximate surface area is 159 Å². The molecule has 1 aromatic heterocycles. The van der Waals surface area contributed by atoms with Gasteiger partial charge in [-0.05, 0) is 34.7 Å². The van der Waals surface area contributed by atoms with Gasteiger partial charge in [0.1, 0.15) is 12.4 Å². The summed E-state index contributed by atoms with van der Waals surface area (Å²) in [4.78, 5) is 3.98. The Hall–Kier alpha value is -2.14. The Balaban J connectivity index is 1.49. The van der Waals surface area contributed by atoms with E-state index >= 15 is 0 Å². The number of benzene rings is 2. The zero-order valence-corrected chi connectivity index (χ0v) is 15.6. The van der Waals surface area contributed by atoms with Gasteiger partial charge in [-0.1, -0.05) is 48.5 Å². The van der Waals surface area contributed by atoms with E-state index in [9.17, 15) is 0 Å². The molecule has 1 atom stereocenters. The van der Waals surface area contributed by atoms with Crippen LogP contribution in [0, 0.1) is 0 Å². The van der Waals surface area contributed by atoms with Gasteiger partial charge in [0.25, 0.3) is 0 Å². The lowest BCUT2D eigenvalue weighted by Crippen LogP contribution is -2.45. The molecule has 0 radical (unpaired) electrons. The summed E-state index contributed by atoms with van der Waals surface area (Å²) >= 11 is 1.84. The second kappa shape index (κ2) is 8.49. The quantitative estimate of drug-likeness (QED) is 0.705. The number of nitrogens with one attached hydrogen (secondary N) is 1. The first kappa shape index (κ1) is 17.3. The second-order valence-corrected chi connectivity index (χ2v) is 7.53. The van der Waals surface area contributed by atoms with Gasteiger partial charge in [-0.25, -0.2) is 0 Å². The van der Waals surface area contributed by atoms with Crippen molar-refractivity contribution in [2.24, 2.45) is 0 Å². The number of nitrogens with zero attached hydrogens (tertiary/aromatic N) is 1.